The van der Waals surface area contributed by atoms with Crippen LogP contribution in [0.4, 0.5) is 0 Å². The SMILES string of the molecule is [2H]c1c([2H])c([2H])c(-c2cccc(-c3c([2H])c([2H])c([2H])c([2H])c3[2H])c2-[n+]2[c-]n(-c3cccc(Oc4ccc5c6ccccc6n(-c6c[c]([Ge]([CH3])([c]7ccccc7)[c]7ccccc7)ccn6)c5c4)c3)c3ccccc32)c([2H])c1[2H]. The summed E-state index contributed by atoms with van der Waals surface area (Å²) in [6.07, 6.45) is 5.38. The van der Waals surface area contributed by atoms with E-state index in [1.165, 1.54) is 13.2 Å². The second kappa shape index (κ2) is 16.9. The topological polar surface area (TPSA) is 35.9 Å². The van der Waals surface area contributed by atoms with Crippen LogP contribution >= 0.6 is 0 Å². The molecule has 0 atom stereocenters. The average Bonchev–Trinajstić information content (AvgIpc) is 4.05. The molecule has 0 saturated carbocycles. The molecule has 9 aromatic carbocycles. The van der Waals surface area contributed by atoms with Gasteiger partial charge in [0.05, 0.1) is 30.4 Å². The van der Waals surface area contributed by atoms with E-state index in [1.807, 2.05) is 79.0 Å². The van der Waals surface area contributed by atoms with Crippen LogP contribution in [-0.4, -0.2) is 27.4 Å². The molecule has 67 heavy (non-hydrogen) atoms. The first kappa shape index (κ1) is 30.8. The zero-order valence-corrected chi connectivity index (χ0v) is 38.2. The third-order valence-electron chi connectivity index (χ3n) is 12.6. The smallest absolute Gasteiger partial charge is 0.0666 e. The molecule has 0 spiro atoms. The van der Waals surface area contributed by atoms with Crippen LogP contribution in [0, 0.1) is 6.33 Å². The molecule has 0 N–H and O–H groups in total. The van der Waals surface area contributed by atoms with Crippen LogP contribution in [0.15, 0.2) is 249 Å². The molecule has 0 radical (unpaired) electrons. The first-order chi connectivity index (χ1) is 37.3. The molecule has 318 valence electrons. The van der Waals surface area contributed by atoms with Crippen LogP contribution in [0.25, 0.3) is 72.3 Å². The summed E-state index contributed by atoms with van der Waals surface area (Å²) in [5.74, 6) is 4.33. The molecule has 3 heterocycles. The maximum Gasteiger partial charge on any atom is 0.0811 e. The average molecular weight is 932 g/mol. The molecule has 0 bridgehead atoms. The van der Waals surface area contributed by atoms with E-state index in [4.69, 9.17) is 23.4 Å². The second-order valence-electron chi connectivity index (χ2n) is 16.4. The number of imidazole rings is 1. The van der Waals surface area contributed by atoms with E-state index >= 15 is 0 Å². The van der Waals surface area contributed by atoms with Gasteiger partial charge in [-0.2, -0.15) is 0 Å². The van der Waals surface area contributed by atoms with Crippen LogP contribution in [0.1, 0.15) is 13.7 Å². The quantitative estimate of drug-likeness (QED) is 0.0778. The molecule has 12 aromatic rings. The summed E-state index contributed by atoms with van der Waals surface area (Å²) in [5.41, 5.74) is 3.99. The van der Waals surface area contributed by atoms with Crippen molar-refractivity contribution in [3.05, 3.63) is 255 Å². The van der Waals surface area contributed by atoms with Gasteiger partial charge in [-0.05, 0) is 22.3 Å². The number of hydrogen-bond acceptors (Lipinski definition) is 2. The van der Waals surface area contributed by atoms with E-state index in [1.54, 1.807) is 27.3 Å². The van der Waals surface area contributed by atoms with Crippen molar-refractivity contribution >= 4 is 59.3 Å². The van der Waals surface area contributed by atoms with E-state index in [2.05, 4.69) is 108 Å². The number of benzene rings is 9. The molecule has 0 aliphatic heterocycles. The largest absolute Gasteiger partial charge is 0.0811 e. The molecular weight excluding hydrogens is 877 g/mol. The minimum atomic E-state index is -3.20. The molecule has 0 amide bonds. The summed E-state index contributed by atoms with van der Waals surface area (Å²) in [6, 6.07) is 54.8. The number of hydrogen-bond donors (Lipinski definition) is 0. The molecule has 5 nitrogen and oxygen atoms in total. The fourth-order valence-corrected chi connectivity index (χ4v) is 16.8. The summed E-state index contributed by atoms with van der Waals surface area (Å²) >= 11 is -3.20. The minimum absolute atomic E-state index is 0.131. The summed E-state index contributed by atoms with van der Waals surface area (Å²) in [5, 5.41) is 2.11. The summed E-state index contributed by atoms with van der Waals surface area (Å²) in [4.78, 5) is 5.03. The zero-order chi connectivity index (χ0) is 53.4. The van der Waals surface area contributed by atoms with Gasteiger partial charge in [-0.25, -0.2) is 0 Å². The maximum absolute atomic E-state index is 9.05. The van der Waals surface area contributed by atoms with E-state index in [0.29, 0.717) is 28.2 Å². The van der Waals surface area contributed by atoms with Gasteiger partial charge in [0.25, 0.3) is 6.33 Å². The Morgan fingerprint density at radius 1 is 0.522 bits per heavy atom. The number of aromatic nitrogens is 4. The fourth-order valence-electron chi connectivity index (χ4n) is 9.35. The molecule has 0 saturated heterocycles. The first-order valence-corrected chi connectivity index (χ1v) is 27.1. The van der Waals surface area contributed by atoms with Crippen molar-refractivity contribution in [1.29, 1.82) is 0 Å². The molecule has 12 rings (SSSR count). The van der Waals surface area contributed by atoms with E-state index in [-0.39, 0.29) is 27.9 Å². The molecule has 0 aliphatic carbocycles. The predicted molar refractivity (Wildman–Crippen MR) is 277 cm³/mol. The monoisotopic (exact) mass is 932 g/mol. The van der Waals surface area contributed by atoms with E-state index in [9.17, 15) is 0 Å². The van der Waals surface area contributed by atoms with Crippen molar-refractivity contribution < 1.29 is 23.0 Å². The summed E-state index contributed by atoms with van der Waals surface area (Å²) in [6.45, 7) is 0. The van der Waals surface area contributed by atoms with Gasteiger partial charge in [0, 0.05) is 0 Å². The van der Waals surface area contributed by atoms with Gasteiger partial charge >= 0.3 is 242 Å². The van der Waals surface area contributed by atoms with Crippen molar-refractivity contribution in [2.75, 3.05) is 0 Å². The standard InChI is InChI=1S/C61H44GeN4O/c1-62(46-24-10-4-11-25-46,47-26-12-5-13-27-47)48-38-39-63-60(40-48)66-56-33-15-14-30-54(56)55-37-36-51(42-59(55)66)67-50-29-18-28-49(41-50)64-43-65(58-35-17-16-34-57(58)64)61-52(44-20-6-2-7-21-44)31-19-32-53(61)45-22-8-3-9-23-45/h2-42H,1H3/i2D,3D,6D,7D,8D,9D,20D,21D,22D,23D. The van der Waals surface area contributed by atoms with Gasteiger partial charge in [-0.1, -0.05) is 103 Å². The Hall–Kier alpha value is -8.26. The van der Waals surface area contributed by atoms with Crippen LogP contribution in [0.5, 0.6) is 11.5 Å². The molecule has 6 heteroatoms. The van der Waals surface area contributed by atoms with Crippen molar-refractivity contribution in [2.45, 2.75) is 5.76 Å². The number of rotatable bonds is 10. The Labute approximate surface area is 406 Å². The third kappa shape index (κ3) is 7.12. The van der Waals surface area contributed by atoms with Crippen molar-refractivity contribution in [1.82, 2.24) is 14.1 Å². The Balaban J connectivity index is 0.993. The number of pyridine rings is 1. The number of nitrogens with zero attached hydrogens (tertiary/aromatic N) is 4. The second-order valence-corrected chi connectivity index (χ2v) is 24.7. The van der Waals surface area contributed by atoms with Gasteiger partial charge in [0.15, 0.2) is 0 Å². The summed E-state index contributed by atoms with van der Waals surface area (Å²) in [7, 11) is 0. The first-order valence-electron chi connectivity index (χ1n) is 26.9. The molecule has 0 aliphatic rings. The summed E-state index contributed by atoms with van der Waals surface area (Å²) < 4.78 is 104. The van der Waals surface area contributed by atoms with Crippen molar-refractivity contribution in [2.24, 2.45) is 0 Å². The van der Waals surface area contributed by atoms with E-state index in [0.717, 1.165) is 27.6 Å². The van der Waals surface area contributed by atoms with Crippen LogP contribution in [0.2, 0.25) is 5.76 Å². The molecule has 0 unspecified atom stereocenters. The molecule has 3 aromatic heterocycles. The van der Waals surface area contributed by atoms with Crippen molar-refractivity contribution in [3.8, 4) is 50.9 Å². The normalized spacial score (nSPS) is 13.7. The Kier molecular flexibility index (Phi) is 7.79. The van der Waals surface area contributed by atoms with E-state index < -0.39 is 73.7 Å². The predicted octanol–water partition coefficient (Wildman–Crippen LogP) is 12.4. The minimum Gasteiger partial charge on any atom is -0.0666 e. The van der Waals surface area contributed by atoms with Gasteiger partial charge in [-0.15, -0.1) is 0 Å². The van der Waals surface area contributed by atoms with Gasteiger partial charge in [0.1, 0.15) is 0 Å². The van der Waals surface area contributed by atoms with Gasteiger partial charge < -0.3 is 0 Å². The molecular formula is C61H44GeN4O. The molecule has 0 fully saturated rings. The van der Waals surface area contributed by atoms with Gasteiger partial charge in [-0.3, -0.25) is 4.57 Å². The van der Waals surface area contributed by atoms with Crippen molar-refractivity contribution in [3.63, 3.8) is 0 Å². The number of para-hydroxylation sites is 4. The number of fused-ring (bicyclic) bond motifs is 4. The van der Waals surface area contributed by atoms with Gasteiger partial charge in [0.2, 0.25) is 0 Å². The third-order valence-corrected chi connectivity index (χ3v) is 21.9. The van der Waals surface area contributed by atoms with Crippen LogP contribution in [-0.2, 0) is 0 Å². The zero-order valence-electron chi connectivity index (χ0n) is 46.1. The van der Waals surface area contributed by atoms with Crippen LogP contribution in [0.3, 0.4) is 0 Å². The number of ether oxygens (including phenoxy) is 1. The Morgan fingerprint density at radius 2 is 1.12 bits per heavy atom. The fraction of sp³-hybridized carbons (Fsp3) is 0.0164. The van der Waals surface area contributed by atoms with Crippen LogP contribution < -0.4 is 22.5 Å². The Bertz CT molecular complexity index is 4170. The Morgan fingerprint density at radius 3 is 1.82 bits per heavy atom. The maximum atomic E-state index is 9.05.